The van der Waals surface area contributed by atoms with Crippen molar-refractivity contribution < 1.29 is 4.79 Å². The van der Waals surface area contributed by atoms with Gasteiger partial charge in [0, 0.05) is 19.0 Å². The number of amides is 1. The van der Waals surface area contributed by atoms with Crippen molar-refractivity contribution in [3.63, 3.8) is 0 Å². The van der Waals surface area contributed by atoms with Gasteiger partial charge >= 0.3 is 0 Å². The molecule has 1 aliphatic rings. The number of nitrogens with one attached hydrogen (secondary N) is 1. The summed E-state index contributed by atoms with van der Waals surface area (Å²) in [6.45, 7) is 8.13. The van der Waals surface area contributed by atoms with Crippen molar-refractivity contribution in [3.8, 4) is 6.07 Å². The molecule has 1 saturated heterocycles. The summed E-state index contributed by atoms with van der Waals surface area (Å²) in [4.78, 5) is 14.8. The second-order valence-electron chi connectivity index (χ2n) is 7.52. The Bertz CT molecular complexity index is 600. The van der Waals surface area contributed by atoms with Gasteiger partial charge in [0.15, 0.2) is 0 Å². The molecule has 1 atom stereocenters. The molecule has 0 radical (unpaired) electrons. The zero-order valence-electron chi connectivity index (χ0n) is 16.3. The van der Waals surface area contributed by atoms with Gasteiger partial charge in [0.1, 0.15) is 0 Å². The van der Waals surface area contributed by atoms with Crippen LogP contribution < -0.4 is 5.32 Å². The maximum Gasteiger partial charge on any atom is 0.223 e. The molecule has 142 valence electrons. The molecule has 1 heterocycles. The summed E-state index contributed by atoms with van der Waals surface area (Å²) in [6.07, 6.45) is 6.50. The predicted octanol–water partition coefficient (Wildman–Crippen LogP) is 4.10. The average Bonchev–Trinajstić information content (AvgIpc) is 2.68. The van der Waals surface area contributed by atoms with Crippen molar-refractivity contribution in [2.24, 2.45) is 11.8 Å². The second kappa shape index (κ2) is 11.0. The smallest absolute Gasteiger partial charge is 0.223 e. The quantitative estimate of drug-likeness (QED) is 0.725. The Hall–Kier alpha value is -1.86. The Kier molecular flexibility index (Phi) is 8.64. The molecule has 26 heavy (non-hydrogen) atoms. The van der Waals surface area contributed by atoms with Crippen molar-refractivity contribution >= 4 is 5.91 Å². The Morgan fingerprint density at radius 3 is 2.77 bits per heavy atom. The van der Waals surface area contributed by atoms with Crippen LogP contribution >= 0.6 is 0 Å². The number of carbonyl (C=O) groups excluding carboxylic acids is 1. The normalized spacial score (nSPS) is 16.8. The number of nitrogens with zero attached hydrogens (tertiary/aromatic N) is 2. The molecule has 1 amide bonds. The first-order chi connectivity index (χ1) is 12.7. The number of carbonyl (C=O) groups is 1. The largest absolute Gasteiger partial charge is 0.356 e. The van der Waals surface area contributed by atoms with E-state index < -0.39 is 0 Å². The number of hydrogen-bond donors (Lipinski definition) is 1. The first kappa shape index (κ1) is 20.5. The van der Waals surface area contributed by atoms with Crippen LogP contribution in [0.3, 0.4) is 0 Å². The fourth-order valence-electron chi connectivity index (χ4n) is 3.71. The van der Waals surface area contributed by atoms with Crippen molar-refractivity contribution in [1.82, 2.24) is 10.2 Å². The van der Waals surface area contributed by atoms with Gasteiger partial charge in [-0.25, -0.2) is 0 Å². The van der Waals surface area contributed by atoms with E-state index in [2.05, 4.69) is 36.2 Å². The molecule has 0 saturated carbocycles. The molecule has 0 aromatic heterocycles. The Morgan fingerprint density at radius 1 is 1.35 bits per heavy atom. The molecular weight excluding hydrogens is 322 g/mol. The Morgan fingerprint density at radius 2 is 2.12 bits per heavy atom. The van der Waals surface area contributed by atoms with Gasteiger partial charge in [-0.15, -0.1) is 0 Å². The number of unbranched alkanes of at least 4 members (excludes halogenated alkanes) is 1. The minimum Gasteiger partial charge on any atom is -0.356 e. The van der Waals surface area contributed by atoms with Gasteiger partial charge in [-0.1, -0.05) is 38.8 Å². The van der Waals surface area contributed by atoms with Gasteiger partial charge in [-0.2, -0.15) is 5.26 Å². The van der Waals surface area contributed by atoms with Crippen LogP contribution in [0.15, 0.2) is 24.3 Å². The molecule has 0 aliphatic carbocycles. The third-order valence-electron chi connectivity index (χ3n) is 5.50. The van der Waals surface area contributed by atoms with Crippen molar-refractivity contribution in [1.29, 1.82) is 5.26 Å². The van der Waals surface area contributed by atoms with Crippen molar-refractivity contribution in [2.45, 2.75) is 58.9 Å². The highest BCUT2D eigenvalue weighted by atomic mass is 16.1. The minimum absolute atomic E-state index is 0.183. The minimum atomic E-state index is 0.183. The van der Waals surface area contributed by atoms with Crippen LogP contribution in [0.5, 0.6) is 0 Å². The Labute approximate surface area is 158 Å². The van der Waals surface area contributed by atoms with Crippen LogP contribution in [-0.4, -0.2) is 30.4 Å². The van der Waals surface area contributed by atoms with Gasteiger partial charge in [-0.05, 0) is 62.4 Å². The van der Waals surface area contributed by atoms with Crippen LogP contribution in [0.25, 0.3) is 0 Å². The lowest BCUT2D eigenvalue weighted by Gasteiger charge is -2.32. The van der Waals surface area contributed by atoms with Crippen LogP contribution in [0.4, 0.5) is 0 Å². The molecule has 1 aromatic carbocycles. The van der Waals surface area contributed by atoms with E-state index >= 15 is 0 Å². The van der Waals surface area contributed by atoms with Gasteiger partial charge < -0.3 is 5.32 Å². The topological polar surface area (TPSA) is 56.1 Å². The number of benzene rings is 1. The predicted molar refractivity (Wildman–Crippen MR) is 105 cm³/mol. The highest BCUT2D eigenvalue weighted by Crippen LogP contribution is 2.19. The second-order valence-corrected chi connectivity index (χ2v) is 7.52. The van der Waals surface area contributed by atoms with E-state index in [4.69, 9.17) is 5.26 Å². The fraction of sp³-hybridized carbons (Fsp3) is 0.636. The first-order valence-electron chi connectivity index (χ1n) is 10.1. The molecule has 1 fully saturated rings. The van der Waals surface area contributed by atoms with Crippen LogP contribution in [0.1, 0.15) is 63.5 Å². The lowest BCUT2D eigenvalue weighted by atomic mass is 9.95. The van der Waals surface area contributed by atoms with Crippen molar-refractivity contribution in [2.75, 3.05) is 19.6 Å². The molecule has 2 rings (SSSR count). The van der Waals surface area contributed by atoms with E-state index in [1.807, 2.05) is 18.2 Å². The standard InChI is InChI=1S/C22H33N3O/c1-3-5-9-21(4-2)22(26)24-16-18-10-12-25(13-11-18)17-20-8-6-7-19(14-20)15-23/h6-8,14,18,21H,3-5,9-13,16-17H2,1-2H3,(H,24,26). The van der Waals surface area contributed by atoms with Crippen LogP contribution in [0.2, 0.25) is 0 Å². The monoisotopic (exact) mass is 355 g/mol. The molecule has 1 unspecified atom stereocenters. The third-order valence-corrected chi connectivity index (χ3v) is 5.50. The maximum absolute atomic E-state index is 12.3. The third kappa shape index (κ3) is 6.46. The number of rotatable bonds is 9. The summed E-state index contributed by atoms with van der Waals surface area (Å²) < 4.78 is 0. The van der Waals surface area contributed by atoms with Gasteiger partial charge in [-0.3, -0.25) is 9.69 Å². The number of nitriles is 1. The molecule has 4 nitrogen and oxygen atoms in total. The molecule has 1 aromatic rings. The highest BCUT2D eigenvalue weighted by molar-refractivity contribution is 5.78. The molecule has 1 N–H and O–H groups in total. The van der Waals surface area contributed by atoms with E-state index in [0.29, 0.717) is 5.92 Å². The average molecular weight is 356 g/mol. The molecular formula is C22H33N3O. The summed E-state index contributed by atoms with van der Waals surface area (Å²) in [6, 6.07) is 10.1. The summed E-state index contributed by atoms with van der Waals surface area (Å²) in [5, 5.41) is 12.2. The van der Waals surface area contributed by atoms with E-state index in [1.54, 1.807) is 0 Å². The number of likely N-dealkylation sites (tertiary alicyclic amines) is 1. The summed E-state index contributed by atoms with van der Waals surface area (Å²) in [7, 11) is 0. The van der Waals surface area contributed by atoms with Crippen LogP contribution in [-0.2, 0) is 11.3 Å². The van der Waals surface area contributed by atoms with E-state index in [9.17, 15) is 4.79 Å². The summed E-state index contributed by atoms with van der Waals surface area (Å²) >= 11 is 0. The van der Waals surface area contributed by atoms with Gasteiger partial charge in [0.05, 0.1) is 11.6 Å². The highest BCUT2D eigenvalue weighted by Gasteiger charge is 2.21. The summed E-state index contributed by atoms with van der Waals surface area (Å²) in [5.74, 6) is 1.02. The number of hydrogen-bond acceptors (Lipinski definition) is 3. The Balaban J connectivity index is 1.71. The zero-order chi connectivity index (χ0) is 18.8. The molecule has 1 aliphatic heterocycles. The summed E-state index contributed by atoms with van der Waals surface area (Å²) in [5.41, 5.74) is 1.94. The van der Waals surface area contributed by atoms with Gasteiger partial charge in [0.25, 0.3) is 0 Å². The maximum atomic E-state index is 12.3. The van der Waals surface area contributed by atoms with E-state index in [-0.39, 0.29) is 11.8 Å². The fourth-order valence-corrected chi connectivity index (χ4v) is 3.71. The molecule has 0 bridgehead atoms. The van der Waals surface area contributed by atoms with E-state index in [0.717, 1.165) is 70.3 Å². The van der Waals surface area contributed by atoms with Crippen LogP contribution in [0, 0.1) is 23.2 Å². The van der Waals surface area contributed by atoms with E-state index in [1.165, 1.54) is 5.56 Å². The van der Waals surface area contributed by atoms with Crippen molar-refractivity contribution in [3.05, 3.63) is 35.4 Å². The lowest BCUT2D eigenvalue weighted by molar-refractivity contribution is -0.125. The SMILES string of the molecule is CCCCC(CC)C(=O)NCC1CCN(Cc2cccc(C#N)c2)CC1. The van der Waals surface area contributed by atoms with Gasteiger partial charge in [0.2, 0.25) is 5.91 Å². The molecule has 4 heteroatoms. The lowest BCUT2D eigenvalue weighted by Crippen LogP contribution is -2.39. The molecule has 0 spiro atoms. The first-order valence-corrected chi connectivity index (χ1v) is 10.1. The zero-order valence-corrected chi connectivity index (χ0v) is 16.3. The number of piperidine rings is 1.